The lowest BCUT2D eigenvalue weighted by Gasteiger charge is -2.28. The average molecular weight is 519 g/mol. The molecule has 4 heterocycles. The molecule has 0 N–H and O–H groups in total. The van der Waals surface area contributed by atoms with Gasteiger partial charge in [0.25, 0.3) is 0 Å². The number of fused-ring (bicyclic) bond motifs is 2. The number of hydrogen-bond acceptors (Lipinski definition) is 7. The number of pyridine rings is 2. The Morgan fingerprint density at radius 1 is 1.11 bits per heavy atom. The van der Waals surface area contributed by atoms with Crippen LogP contribution in [0.1, 0.15) is 33.6 Å². The van der Waals surface area contributed by atoms with E-state index in [4.69, 9.17) is 23.9 Å². The van der Waals surface area contributed by atoms with Crippen molar-refractivity contribution in [2.24, 2.45) is 0 Å². The third kappa shape index (κ3) is 5.67. The molecule has 0 bridgehead atoms. The van der Waals surface area contributed by atoms with Crippen LogP contribution in [0, 0.1) is 0 Å². The molecule has 200 valence electrons. The molecule has 4 aromatic rings. The molecule has 0 radical (unpaired) electrons. The van der Waals surface area contributed by atoms with Crippen molar-refractivity contribution in [3.63, 3.8) is 0 Å². The van der Waals surface area contributed by atoms with Crippen LogP contribution in [0.4, 0.5) is 4.79 Å². The van der Waals surface area contributed by atoms with Crippen molar-refractivity contribution in [2.45, 2.75) is 45.3 Å². The summed E-state index contributed by atoms with van der Waals surface area (Å²) in [4.78, 5) is 24.0. The van der Waals surface area contributed by atoms with Gasteiger partial charge in [-0.25, -0.2) is 14.8 Å². The van der Waals surface area contributed by atoms with Gasteiger partial charge in [-0.1, -0.05) is 18.2 Å². The van der Waals surface area contributed by atoms with E-state index in [9.17, 15) is 4.79 Å². The molecule has 1 unspecified atom stereocenters. The van der Waals surface area contributed by atoms with Crippen molar-refractivity contribution in [2.75, 3.05) is 33.5 Å². The minimum atomic E-state index is -0.530. The fraction of sp³-hybridized carbons (Fsp3) is 0.414. The molecular formula is C29H34N4O5. The number of nitrogens with zero attached hydrogens (tertiary/aromatic N) is 4. The van der Waals surface area contributed by atoms with E-state index in [-0.39, 0.29) is 12.1 Å². The third-order valence-electron chi connectivity index (χ3n) is 6.42. The number of para-hydroxylation sites is 1. The molecule has 0 aliphatic carbocycles. The summed E-state index contributed by atoms with van der Waals surface area (Å²) >= 11 is 0. The predicted octanol–water partition coefficient (Wildman–Crippen LogP) is 5.35. The topological polar surface area (TPSA) is 87.4 Å². The van der Waals surface area contributed by atoms with Crippen LogP contribution in [0.15, 0.2) is 54.9 Å². The van der Waals surface area contributed by atoms with Crippen LogP contribution in [-0.2, 0) is 9.47 Å². The predicted molar refractivity (Wildman–Crippen MR) is 145 cm³/mol. The number of carbonyl (C=O) groups excluding carboxylic acids is 1. The van der Waals surface area contributed by atoms with E-state index in [0.29, 0.717) is 32.1 Å². The molecule has 9 nitrogen and oxygen atoms in total. The van der Waals surface area contributed by atoms with Gasteiger partial charge >= 0.3 is 6.09 Å². The van der Waals surface area contributed by atoms with Crippen molar-refractivity contribution in [3.8, 4) is 22.9 Å². The zero-order chi connectivity index (χ0) is 26.7. The number of methoxy groups -OCH3 is 1. The molecule has 3 aromatic heterocycles. The number of ether oxygens (including phenoxy) is 4. The SMILES string of the molecule is COCCOc1ccn2c(-c3ccc4cccc(OCC5CCCN5C(=O)OC(C)(C)C)c4n3)cnc2c1. The molecule has 9 heteroatoms. The van der Waals surface area contributed by atoms with Gasteiger partial charge < -0.3 is 23.8 Å². The van der Waals surface area contributed by atoms with Crippen molar-refractivity contribution in [1.82, 2.24) is 19.3 Å². The number of carbonyl (C=O) groups is 1. The lowest BCUT2D eigenvalue weighted by Crippen LogP contribution is -2.42. The molecule has 0 saturated carbocycles. The van der Waals surface area contributed by atoms with E-state index in [0.717, 1.165) is 46.5 Å². The number of benzene rings is 1. The number of rotatable bonds is 8. The Kier molecular flexibility index (Phi) is 7.37. The summed E-state index contributed by atoms with van der Waals surface area (Å²) in [5.41, 5.74) is 2.65. The average Bonchev–Trinajstić information content (AvgIpc) is 3.53. The molecule has 1 saturated heterocycles. The summed E-state index contributed by atoms with van der Waals surface area (Å²) in [7, 11) is 1.65. The highest BCUT2D eigenvalue weighted by Crippen LogP contribution is 2.30. The van der Waals surface area contributed by atoms with Crippen LogP contribution in [0.5, 0.6) is 11.5 Å². The lowest BCUT2D eigenvalue weighted by molar-refractivity contribution is 0.0188. The summed E-state index contributed by atoms with van der Waals surface area (Å²) in [6, 6.07) is 13.7. The first-order valence-corrected chi connectivity index (χ1v) is 12.9. The Balaban J connectivity index is 1.36. The lowest BCUT2D eigenvalue weighted by atomic mass is 10.1. The summed E-state index contributed by atoms with van der Waals surface area (Å²) in [5.74, 6) is 1.42. The molecule has 1 aliphatic heterocycles. The van der Waals surface area contributed by atoms with E-state index in [1.54, 1.807) is 12.0 Å². The van der Waals surface area contributed by atoms with Gasteiger partial charge in [0.15, 0.2) is 0 Å². The smallest absolute Gasteiger partial charge is 0.410 e. The molecule has 1 atom stereocenters. The Morgan fingerprint density at radius 3 is 2.79 bits per heavy atom. The molecular weight excluding hydrogens is 484 g/mol. The van der Waals surface area contributed by atoms with Gasteiger partial charge in [-0.2, -0.15) is 0 Å². The fourth-order valence-corrected chi connectivity index (χ4v) is 4.62. The monoisotopic (exact) mass is 518 g/mol. The van der Waals surface area contributed by atoms with Gasteiger partial charge in [-0.05, 0) is 51.8 Å². The minimum absolute atomic E-state index is 0.0395. The zero-order valence-electron chi connectivity index (χ0n) is 22.3. The van der Waals surface area contributed by atoms with Gasteiger partial charge in [0.05, 0.1) is 30.2 Å². The number of imidazole rings is 1. The summed E-state index contributed by atoms with van der Waals surface area (Å²) < 4.78 is 24.6. The second-order valence-electron chi connectivity index (χ2n) is 10.4. The highest BCUT2D eigenvalue weighted by Gasteiger charge is 2.32. The van der Waals surface area contributed by atoms with E-state index in [1.807, 2.05) is 80.0 Å². The molecule has 1 aromatic carbocycles. The largest absolute Gasteiger partial charge is 0.491 e. The Morgan fingerprint density at radius 2 is 1.97 bits per heavy atom. The number of amides is 1. The van der Waals surface area contributed by atoms with E-state index in [2.05, 4.69) is 4.98 Å². The minimum Gasteiger partial charge on any atom is -0.491 e. The van der Waals surface area contributed by atoms with Crippen LogP contribution in [0.25, 0.3) is 27.9 Å². The molecule has 1 aliphatic rings. The molecule has 1 amide bonds. The highest BCUT2D eigenvalue weighted by molar-refractivity contribution is 5.86. The van der Waals surface area contributed by atoms with Crippen LogP contribution in [0.2, 0.25) is 0 Å². The highest BCUT2D eigenvalue weighted by atomic mass is 16.6. The maximum atomic E-state index is 12.7. The number of likely N-dealkylation sites (tertiary alicyclic amines) is 1. The fourth-order valence-electron chi connectivity index (χ4n) is 4.62. The van der Waals surface area contributed by atoms with Gasteiger partial charge in [0, 0.05) is 31.3 Å². The van der Waals surface area contributed by atoms with Gasteiger partial charge in [-0.15, -0.1) is 0 Å². The maximum Gasteiger partial charge on any atom is 0.410 e. The van der Waals surface area contributed by atoms with E-state index in [1.165, 1.54) is 0 Å². The molecule has 1 fully saturated rings. The second kappa shape index (κ2) is 10.9. The van der Waals surface area contributed by atoms with Crippen LogP contribution >= 0.6 is 0 Å². The van der Waals surface area contributed by atoms with Gasteiger partial charge in [0.2, 0.25) is 0 Å². The standard InChI is InChI=1S/C29H34N4O5/c1-29(2,3)38-28(34)32-13-6-8-21(32)19-37-25-9-5-7-20-10-11-23(31-27(20)25)24-18-30-26-17-22(12-14-33(24)26)36-16-15-35-4/h5,7,9-12,14,17-18,21H,6,8,13,15-16,19H2,1-4H3. The maximum absolute atomic E-state index is 12.7. The Hall–Kier alpha value is -3.85. The van der Waals surface area contributed by atoms with Crippen molar-refractivity contribution < 1.29 is 23.7 Å². The summed E-state index contributed by atoms with van der Waals surface area (Å²) in [5, 5.41) is 0.976. The zero-order valence-corrected chi connectivity index (χ0v) is 22.3. The molecule has 0 spiro atoms. The van der Waals surface area contributed by atoms with Gasteiger partial charge in [0.1, 0.15) is 41.5 Å². The van der Waals surface area contributed by atoms with Crippen LogP contribution < -0.4 is 9.47 Å². The van der Waals surface area contributed by atoms with E-state index >= 15 is 0 Å². The molecule has 5 rings (SSSR count). The van der Waals surface area contributed by atoms with Crippen LogP contribution in [-0.4, -0.2) is 70.5 Å². The van der Waals surface area contributed by atoms with Crippen molar-refractivity contribution in [3.05, 3.63) is 54.9 Å². The third-order valence-corrected chi connectivity index (χ3v) is 6.42. The van der Waals surface area contributed by atoms with E-state index < -0.39 is 5.60 Å². The normalized spacial score (nSPS) is 15.8. The number of aromatic nitrogens is 3. The second-order valence-corrected chi connectivity index (χ2v) is 10.4. The first kappa shape index (κ1) is 25.8. The Bertz CT molecular complexity index is 1430. The van der Waals surface area contributed by atoms with Gasteiger partial charge in [-0.3, -0.25) is 4.40 Å². The van der Waals surface area contributed by atoms with Crippen molar-refractivity contribution in [1.29, 1.82) is 0 Å². The Labute approximate surface area is 222 Å². The summed E-state index contributed by atoms with van der Waals surface area (Å²) in [6.07, 6.45) is 5.25. The first-order valence-electron chi connectivity index (χ1n) is 12.9. The molecule has 38 heavy (non-hydrogen) atoms. The number of hydrogen-bond donors (Lipinski definition) is 0. The first-order chi connectivity index (χ1) is 18.3. The quantitative estimate of drug-likeness (QED) is 0.291. The summed E-state index contributed by atoms with van der Waals surface area (Å²) in [6.45, 7) is 7.70. The van der Waals surface area contributed by atoms with Crippen LogP contribution in [0.3, 0.4) is 0 Å². The van der Waals surface area contributed by atoms with Crippen molar-refractivity contribution >= 4 is 22.6 Å².